The Bertz CT molecular complexity index is 459. The number of rotatable bonds is 5. The van der Waals surface area contributed by atoms with Crippen LogP contribution in [0.15, 0.2) is 12.1 Å². The second-order valence-electron chi connectivity index (χ2n) is 5.27. The lowest BCUT2D eigenvalue weighted by Gasteiger charge is -2.25. The van der Waals surface area contributed by atoms with Crippen LogP contribution in [-0.4, -0.2) is 23.7 Å². The SMILES string of the molecule is CCN(CCC#N)c1ccc(N)c(OC(C)(C)C)n1. The molecule has 2 N–H and O–H groups in total. The summed E-state index contributed by atoms with van der Waals surface area (Å²) in [5.74, 6) is 1.23. The summed E-state index contributed by atoms with van der Waals surface area (Å²) >= 11 is 0. The summed E-state index contributed by atoms with van der Waals surface area (Å²) in [7, 11) is 0. The Morgan fingerprint density at radius 1 is 1.42 bits per heavy atom. The molecule has 0 saturated heterocycles. The molecule has 0 amide bonds. The first-order valence-corrected chi connectivity index (χ1v) is 6.45. The maximum atomic E-state index is 8.67. The van der Waals surface area contributed by atoms with Gasteiger partial charge in [-0.2, -0.15) is 10.2 Å². The van der Waals surface area contributed by atoms with Gasteiger partial charge in [0.1, 0.15) is 11.4 Å². The summed E-state index contributed by atoms with van der Waals surface area (Å²) in [6.45, 7) is 9.32. The molecular weight excluding hydrogens is 240 g/mol. The van der Waals surface area contributed by atoms with Crippen molar-refractivity contribution in [2.24, 2.45) is 0 Å². The van der Waals surface area contributed by atoms with E-state index in [0.29, 0.717) is 24.5 Å². The molecule has 0 aromatic carbocycles. The molecule has 1 aromatic rings. The van der Waals surface area contributed by atoms with Crippen LogP contribution < -0.4 is 15.4 Å². The maximum Gasteiger partial charge on any atom is 0.239 e. The highest BCUT2D eigenvalue weighted by atomic mass is 16.5. The molecule has 1 heterocycles. The highest BCUT2D eigenvalue weighted by Gasteiger charge is 2.16. The van der Waals surface area contributed by atoms with E-state index in [2.05, 4.69) is 11.1 Å². The molecule has 0 unspecified atom stereocenters. The largest absolute Gasteiger partial charge is 0.470 e. The lowest BCUT2D eigenvalue weighted by Crippen LogP contribution is -2.27. The van der Waals surface area contributed by atoms with Gasteiger partial charge in [-0.15, -0.1) is 0 Å². The van der Waals surface area contributed by atoms with Crippen LogP contribution in [0, 0.1) is 11.3 Å². The van der Waals surface area contributed by atoms with Crippen molar-refractivity contribution < 1.29 is 4.74 Å². The standard InChI is InChI=1S/C14H22N4O/c1-5-18(10-6-9-15)12-8-7-11(16)13(17-12)19-14(2,3)4/h7-8H,5-6,10,16H2,1-4H3. The van der Waals surface area contributed by atoms with Crippen LogP contribution in [-0.2, 0) is 0 Å². The predicted octanol–water partition coefficient (Wildman–Crippen LogP) is 2.58. The first-order valence-electron chi connectivity index (χ1n) is 6.45. The van der Waals surface area contributed by atoms with Gasteiger partial charge in [-0.05, 0) is 39.8 Å². The van der Waals surface area contributed by atoms with Crippen LogP contribution in [0.4, 0.5) is 11.5 Å². The Hall–Kier alpha value is -1.96. The summed E-state index contributed by atoms with van der Waals surface area (Å²) in [5.41, 5.74) is 6.06. The Labute approximate surface area is 115 Å². The molecule has 104 valence electrons. The van der Waals surface area contributed by atoms with Gasteiger partial charge < -0.3 is 15.4 Å². The van der Waals surface area contributed by atoms with Crippen molar-refractivity contribution in [3.63, 3.8) is 0 Å². The number of nitriles is 1. The fourth-order valence-corrected chi connectivity index (χ4v) is 1.61. The second kappa shape index (κ2) is 6.28. The summed E-state index contributed by atoms with van der Waals surface area (Å²) in [6, 6.07) is 5.78. The van der Waals surface area contributed by atoms with E-state index < -0.39 is 0 Å². The van der Waals surface area contributed by atoms with Crippen LogP contribution in [0.3, 0.4) is 0 Å². The normalized spacial score (nSPS) is 10.9. The third kappa shape index (κ3) is 4.66. The van der Waals surface area contributed by atoms with Gasteiger partial charge in [0, 0.05) is 13.1 Å². The minimum Gasteiger partial charge on any atom is -0.470 e. The first kappa shape index (κ1) is 15.1. The van der Waals surface area contributed by atoms with Gasteiger partial charge in [-0.1, -0.05) is 0 Å². The van der Waals surface area contributed by atoms with Gasteiger partial charge in [-0.25, -0.2) is 0 Å². The van der Waals surface area contributed by atoms with Crippen molar-refractivity contribution in [2.75, 3.05) is 23.7 Å². The van der Waals surface area contributed by atoms with Crippen LogP contribution in [0.25, 0.3) is 0 Å². The molecule has 0 radical (unpaired) electrons. The molecular formula is C14H22N4O. The van der Waals surface area contributed by atoms with Crippen LogP contribution in [0.2, 0.25) is 0 Å². The minimum atomic E-state index is -0.344. The van der Waals surface area contributed by atoms with Gasteiger partial charge in [0.05, 0.1) is 18.2 Å². The van der Waals surface area contributed by atoms with Crippen molar-refractivity contribution in [1.82, 2.24) is 4.98 Å². The topological polar surface area (TPSA) is 75.2 Å². The van der Waals surface area contributed by atoms with E-state index >= 15 is 0 Å². The summed E-state index contributed by atoms with van der Waals surface area (Å²) in [4.78, 5) is 6.48. The van der Waals surface area contributed by atoms with E-state index in [9.17, 15) is 0 Å². The number of pyridine rings is 1. The summed E-state index contributed by atoms with van der Waals surface area (Å²) < 4.78 is 5.74. The molecule has 1 rings (SSSR count). The zero-order valence-electron chi connectivity index (χ0n) is 12.1. The predicted molar refractivity (Wildman–Crippen MR) is 77.1 cm³/mol. The lowest BCUT2D eigenvalue weighted by molar-refractivity contribution is 0.125. The molecule has 0 aliphatic heterocycles. The minimum absolute atomic E-state index is 0.344. The Kier molecular flexibility index (Phi) is 4.99. The Morgan fingerprint density at radius 2 is 2.11 bits per heavy atom. The number of aromatic nitrogens is 1. The number of nitrogens with two attached hydrogens (primary N) is 1. The molecule has 0 spiro atoms. The van der Waals surface area contributed by atoms with E-state index in [1.807, 2.05) is 38.7 Å². The average Bonchev–Trinajstić information content (AvgIpc) is 2.32. The van der Waals surface area contributed by atoms with Crippen LogP contribution in [0.5, 0.6) is 5.88 Å². The van der Waals surface area contributed by atoms with Crippen LogP contribution >= 0.6 is 0 Å². The molecule has 5 nitrogen and oxygen atoms in total. The monoisotopic (exact) mass is 262 g/mol. The van der Waals surface area contributed by atoms with Crippen molar-refractivity contribution in [3.8, 4) is 11.9 Å². The van der Waals surface area contributed by atoms with Gasteiger partial charge in [0.25, 0.3) is 0 Å². The average molecular weight is 262 g/mol. The van der Waals surface area contributed by atoms with Gasteiger partial charge >= 0.3 is 0 Å². The number of nitrogens with zero attached hydrogens (tertiary/aromatic N) is 3. The number of hydrogen-bond donors (Lipinski definition) is 1. The van der Waals surface area contributed by atoms with Crippen LogP contribution in [0.1, 0.15) is 34.1 Å². The molecule has 0 fully saturated rings. The number of nitrogen functional groups attached to an aromatic ring is 1. The van der Waals surface area contributed by atoms with Crippen molar-refractivity contribution in [3.05, 3.63) is 12.1 Å². The Balaban J connectivity index is 2.97. The molecule has 5 heteroatoms. The Morgan fingerprint density at radius 3 is 2.63 bits per heavy atom. The highest BCUT2D eigenvalue weighted by Crippen LogP contribution is 2.26. The smallest absolute Gasteiger partial charge is 0.239 e. The van der Waals surface area contributed by atoms with Crippen molar-refractivity contribution in [1.29, 1.82) is 5.26 Å². The molecule has 19 heavy (non-hydrogen) atoms. The third-order valence-electron chi connectivity index (χ3n) is 2.48. The molecule has 0 atom stereocenters. The summed E-state index contributed by atoms with van der Waals surface area (Å²) in [5, 5.41) is 8.67. The zero-order chi connectivity index (χ0) is 14.5. The third-order valence-corrected chi connectivity index (χ3v) is 2.48. The molecule has 1 aromatic heterocycles. The maximum absolute atomic E-state index is 8.67. The molecule has 0 saturated carbocycles. The van der Waals surface area contributed by atoms with E-state index in [0.717, 1.165) is 12.4 Å². The van der Waals surface area contributed by atoms with E-state index in [4.69, 9.17) is 15.7 Å². The van der Waals surface area contributed by atoms with Crippen molar-refractivity contribution in [2.45, 2.75) is 39.7 Å². The zero-order valence-corrected chi connectivity index (χ0v) is 12.1. The van der Waals surface area contributed by atoms with Gasteiger partial charge in [-0.3, -0.25) is 0 Å². The van der Waals surface area contributed by atoms with Crippen molar-refractivity contribution >= 4 is 11.5 Å². The fourth-order valence-electron chi connectivity index (χ4n) is 1.61. The molecule has 0 aliphatic rings. The number of hydrogen-bond acceptors (Lipinski definition) is 5. The number of ether oxygens (including phenoxy) is 1. The summed E-state index contributed by atoms with van der Waals surface area (Å²) in [6.07, 6.45) is 0.468. The second-order valence-corrected chi connectivity index (χ2v) is 5.27. The fraction of sp³-hybridized carbons (Fsp3) is 0.571. The quantitative estimate of drug-likeness (QED) is 0.882. The van der Waals surface area contributed by atoms with E-state index in [-0.39, 0.29) is 5.60 Å². The van der Waals surface area contributed by atoms with E-state index in [1.54, 1.807) is 6.07 Å². The van der Waals surface area contributed by atoms with E-state index in [1.165, 1.54) is 0 Å². The molecule has 0 bridgehead atoms. The first-order chi connectivity index (χ1) is 8.87. The number of anilines is 2. The molecule has 0 aliphatic carbocycles. The van der Waals surface area contributed by atoms with Gasteiger partial charge in [0.2, 0.25) is 5.88 Å². The van der Waals surface area contributed by atoms with Gasteiger partial charge in [0.15, 0.2) is 0 Å². The highest BCUT2D eigenvalue weighted by molar-refractivity contribution is 5.54. The lowest BCUT2D eigenvalue weighted by atomic mass is 10.2.